The third kappa shape index (κ3) is 9.09. The smallest absolute Gasteiger partial charge is 0.269 e. The molecule has 0 bridgehead atoms. The fourth-order valence-corrected chi connectivity index (χ4v) is 6.77. The molecule has 0 aromatic heterocycles. The van der Waals surface area contributed by atoms with Gasteiger partial charge in [0.25, 0.3) is 15.7 Å². The molecule has 2 amide bonds. The van der Waals surface area contributed by atoms with E-state index < -0.39 is 39.3 Å². The first-order chi connectivity index (χ1) is 22.4. The van der Waals surface area contributed by atoms with Gasteiger partial charge in [-0.25, -0.2) is 8.42 Å². The molecule has 0 aliphatic carbocycles. The van der Waals surface area contributed by atoms with Crippen LogP contribution in [-0.2, 0) is 32.6 Å². The molecule has 246 valence electrons. The Hall–Kier alpha value is -4.45. The van der Waals surface area contributed by atoms with Gasteiger partial charge >= 0.3 is 0 Å². The minimum Gasteiger partial charge on any atom is -0.354 e. The Balaban J connectivity index is 1.84. The average Bonchev–Trinajstić information content (AvgIpc) is 3.06. The summed E-state index contributed by atoms with van der Waals surface area (Å²) in [5, 5.41) is 14.8. The number of nitrogens with zero attached hydrogens (tertiary/aromatic N) is 3. The maximum atomic E-state index is 14.5. The number of hydrogen-bond donors (Lipinski definition) is 1. The zero-order chi connectivity index (χ0) is 34.1. The molecule has 1 unspecified atom stereocenters. The van der Waals surface area contributed by atoms with Gasteiger partial charge in [-0.05, 0) is 47.9 Å². The minimum atomic E-state index is -4.37. The van der Waals surface area contributed by atoms with E-state index in [0.29, 0.717) is 12.1 Å². The van der Waals surface area contributed by atoms with E-state index in [2.05, 4.69) is 5.32 Å². The van der Waals surface area contributed by atoms with E-state index in [9.17, 15) is 28.1 Å². The summed E-state index contributed by atoms with van der Waals surface area (Å²) >= 11 is 13.1. The third-order valence-electron chi connectivity index (χ3n) is 7.30. The summed E-state index contributed by atoms with van der Waals surface area (Å²) in [4.78, 5) is 40.3. The summed E-state index contributed by atoms with van der Waals surface area (Å²) in [6.45, 7) is 3.28. The minimum absolute atomic E-state index is 0.0207. The van der Waals surface area contributed by atoms with Crippen molar-refractivity contribution >= 4 is 56.4 Å². The van der Waals surface area contributed by atoms with E-state index in [1.165, 1.54) is 29.2 Å². The van der Waals surface area contributed by atoms with Crippen molar-refractivity contribution in [3.8, 4) is 0 Å². The second-order valence-electron chi connectivity index (χ2n) is 11.2. The highest BCUT2D eigenvalue weighted by Gasteiger charge is 2.35. The fraction of sp³-hybridized carbons (Fsp3) is 0.235. The molecule has 10 nitrogen and oxygen atoms in total. The number of non-ortho nitro benzene ring substituents is 1. The van der Waals surface area contributed by atoms with Crippen molar-refractivity contribution in [2.45, 2.75) is 37.8 Å². The van der Waals surface area contributed by atoms with Crippen molar-refractivity contribution in [2.75, 3.05) is 17.4 Å². The van der Waals surface area contributed by atoms with Crippen LogP contribution in [-0.4, -0.2) is 49.2 Å². The maximum Gasteiger partial charge on any atom is 0.269 e. The fourth-order valence-electron chi connectivity index (χ4n) is 4.82. The standard InChI is InChI=1S/C34H34Cl2N4O6S/c1-24(2)21-37-34(42)32(20-25-10-5-3-6-11-25)38(22-29-30(35)14-9-15-31(29)36)33(41)23-39(26-16-18-27(19-17-26)40(43)44)47(45,46)28-12-7-4-8-13-28/h3-19,24,32H,20-23H2,1-2H3,(H,37,42). The summed E-state index contributed by atoms with van der Waals surface area (Å²) in [7, 11) is -4.37. The Labute approximate surface area is 284 Å². The van der Waals surface area contributed by atoms with Crippen LogP contribution in [0.4, 0.5) is 11.4 Å². The van der Waals surface area contributed by atoms with Gasteiger partial charge in [0.05, 0.1) is 15.5 Å². The van der Waals surface area contributed by atoms with Crippen LogP contribution in [0.1, 0.15) is 25.0 Å². The van der Waals surface area contributed by atoms with Gasteiger partial charge in [0, 0.05) is 47.3 Å². The van der Waals surface area contributed by atoms with E-state index in [1.54, 1.807) is 36.4 Å². The molecule has 0 radical (unpaired) electrons. The molecular weight excluding hydrogens is 663 g/mol. The number of nitro groups is 1. The second kappa shape index (κ2) is 15.9. The molecule has 0 spiro atoms. The molecule has 47 heavy (non-hydrogen) atoms. The lowest BCUT2D eigenvalue weighted by Crippen LogP contribution is -2.53. The summed E-state index contributed by atoms with van der Waals surface area (Å²) in [5.74, 6) is -1.04. The highest BCUT2D eigenvalue weighted by molar-refractivity contribution is 7.92. The quantitative estimate of drug-likeness (QED) is 0.118. The van der Waals surface area contributed by atoms with Crippen LogP contribution in [0, 0.1) is 16.0 Å². The highest BCUT2D eigenvalue weighted by Crippen LogP contribution is 2.29. The molecule has 0 saturated heterocycles. The number of amides is 2. The normalized spacial score (nSPS) is 11.9. The Morgan fingerprint density at radius 1 is 0.851 bits per heavy atom. The number of halogens is 2. The van der Waals surface area contributed by atoms with Crippen LogP contribution in [0.3, 0.4) is 0 Å². The Bertz CT molecular complexity index is 1790. The lowest BCUT2D eigenvalue weighted by molar-refractivity contribution is -0.384. The topological polar surface area (TPSA) is 130 Å². The van der Waals surface area contributed by atoms with Gasteiger partial charge in [-0.1, -0.05) is 91.6 Å². The van der Waals surface area contributed by atoms with Crippen molar-refractivity contribution in [1.29, 1.82) is 0 Å². The van der Waals surface area contributed by atoms with Crippen molar-refractivity contribution in [1.82, 2.24) is 10.2 Å². The maximum absolute atomic E-state index is 14.5. The van der Waals surface area contributed by atoms with Gasteiger partial charge in [0.1, 0.15) is 12.6 Å². The first kappa shape index (κ1) is 35.4. The molecule has 4 aromatic rings. The number of nitrogens with one attached hydrogen (secondary N) is 1. The van der Waals surface area contributed by atoms with Crippen molar-refractivity contribution < 1.29 is 22.9 Å². The monoisotopic (exact) mass is 696 g/mol. The van der Waals surface area contributed by atoms with Crippen LogP contribution in [0.2, 0.25) is 10.0 Å². The largest absolute Gasteiger partial charge is 0.354 e. The van der Waals surface area contributed by atoms with Crippen molar-refractivity contribution in [2.24, 2.45) is 5.92 Å². The van der Waals surface area contributed by atoms with E-state index in [4.69, 9.17) is 23.2 Å². The average molecular weight is 698 g/mol. The Kier molecular flexibility index (Phi) is 12.0. The van der Waals surface area contributed by atoms with Crippen LogP contribution in [0.15, 0.2) is 108 Å². The molecule has 0 aliphatic heterocycles. The van der Waals surface area contributed by atoms with Crippen LogP contribution in [0.5, 0.6) is 0 Å². The van der Waals surface area contributed by atoms with E-state index in [1.807, 2.05) is 44.2 Å². The summed E-state index contributed by atoms with van der Waals surface area (Å²) in [5.41, 5.74) is 0.917. The van der Waals surface area contributed by atoms with E-state index >= 15 is 0 Å². The van der Waals surface area contributed by atoms with Gasteiger partial charge < -0.3 is 10.2 Å². The zero-order valence-corrected chi connectivity index (χ0v) is 28.1. The first-order valence-electron chi connectivity index (χ1n) is 14.7. The van der Waals surface area contributed by atoms with Crippen molar-refractivity contribution in [3.63, 3.8) is 0 Å². The molecule has 0 aliphatic rings. The molecule has 13 heteroatoms. The molecule has 0 saturated carbocycles. The molecule has 4 rings (SSSR count). The van der Waals surface area contributed by atoms with Gasteiger partial charge in [-0.2, -0.15) is 0 Å². The summed E-state index contributed by atoms with van der Waals surface area (Å²) in [6.07, 6.45) is 0.113. The van der Waals surface area contributed by atoms with Crippen LogP contribution in [0.25, 0.3) is 0 Å². The molecule has 4 aromatic carbocycles. The number of hydrogen-bond acceptors (Lipinski definition) is 6. The number of carbonyl (C=O) groups excluding carboxylic acids is 2. The lowest BCUT2D eigenvalue weighted by atomic mass is 10.0. The molecule has 1 N–H and O–H groups in total. The Morgan fingerprint density at radius 2 is 1.43 bits per heavy atom. The zero-order valence-electron chi connectivity index (χ0n) is 25.8. The summed E-state index contributed by atoms with van der Waals surface area (Å²) < 4.78 is 29.0. The van der Waals surface area contributed by atoms with Gasteiger partial charge in [-0.15, -0.1) is 0 Å². The molecular formula is C34H34Cl2N4O6S. The molecule has 1 atom stereocenters. The SMILES string of the molecule is CC(C)CNC(=O)C(Cc1ccccc1)N(Cc1c(Cl)cccc1Cl)C(=O)CN(c1ccc([N+](=O)[O-])cc1)S(=O)(=O)c1ccccc1. The highest BCUT2D eigenvalue weighted by atomic mass is 35.5. The van der Waals surface area contributed by atoms with Gasteiger partial charge in [-0.3, -0.25) is 24.0 Å². The predicted octanol–water partition coefficient (Wildman–Crippen LogP) is 6.51. The van der Waals surface area contributed by atoms with E-state index in [0.717, 1.165) is 22.0 Å². The summed E-state index contributed by atoms with van der Waals surface area (Å²) in [6, 6.07) is 25.3. The number of benzene rings is 4. The lowest BCUT2D eigenvalue weighted by Gasteiger charge is -2.34. The number of anilines is 1. The number of nitro benzene ring substituents is 1. The van der Waals surface area contributed by atoms with Crippen LogP contribution < -0.4 is 9.62 Å². The van der Waals surface area contributed by atoms with Crippen molar-refractivity contribution in [3.05, 3.63) is 134 Å². The first-order valence-corrected chi connectivity index (χ1v) is 16.9. The second-order valence-corrected chi connectivity index (χ2v) is 13.8. The number of carbonyl (C=O) groups is 2. The van der Waals surface area contributed by atoms with Gasteiger partial charge in [0.15, 0.2) is 0 Å². The predicted molar refractivity (Wildman–Crippen MR) is 183 cm³/mol. The number of rotatable bonds is 14. The van der Waals surface area contributed by atoms with E-state index in [-0.39, 0.29) is 45.2 Å². The molecule has 0 fully saturated rings. The molecule has 0 heterocycles. The number of sulfonamides is 1. The van der Waals surface area contributed by atoms with Crippen LogP contribution >= 0.6 is 23.2 Å². The van der Waals surface area contributed by atoms with Gasteiger partial charge in [0.2, 0.25) is 11.8 Å². The third-order valence-corrected chi connectivity index (χ3v) is 9.80. The Morgan fingerprint density at radius 3 is 1.98 bits per heavy atom.